The maximum absolute atomic E-state index is 11.0. The van der Waals surface area contributed by atoms with E-state index in [0.29, 0.717) is 16.8 Å². The van der Waals surface area contributed by atoms with E-state index in [1.165, 1.54) is 12.3 Å². The molecule has 3 aromatic rings. The molecule has 8 nitrogen and oxygen atoms in total. The maximum Gasteiger partial charge on any atom is 0.337 e. The summed E-state index contributed by atoms with van der Waals surface area (Å²) in [5.74, 6) is -1.04. The van der Waals surface area contributed by atoms with Crippen molar-refractivity contribution in [2.75, 3.05) is 11.5 Å². The Morgan fingerprint density at radius 3 is 2.36 bits per heavy atom. The van der Waals surface area contributed by atoms with Crippen LogP contribution in [0.4, 0.5) is 11.8 Å². The standard InChI is InChI=1S/C17H12N6O2/c18-6-13-14(22-17(20)23-15(13)19)10-3-1-9(2-4-10)11-5-12(16(24)25)8-21-7-11/h1-5,7-8H,(H,24,25)(H4,19,20,22,23). The number of rotatable bonds is 3. The molecular weight excluding hydrogens is 320 g/mol. The van der Waals surface area contributed by atoms with E-state index in [1.54, 1.807) is 30.5 Å². The van der Waals surface area contributed by atoms with Crippen LogP contribution >= 0.6 is 0 Å². The van der Waals surface area contributed by atoms with Crippen molar-refractivity contribution in [2.24, 2.45) is 0 Å². The number of anilines is 2. The second-order valence-electron chi connectivity index (χ2n) is 5.15. The molecule has 0 amide bonds. The van der Waals surface area contributed by atoms with Gasteiger partial charge in [0.25, 0.3) is 0 Å². The van der Waals surface area contributed by atoms with Gasteiger partial charge in [0.1, 0.15) is 17.5 Å². The number of nitrogens with zero attached hydrogens (tertiary/aromatic N) is 4. The number of pyridine rings is 1. The van der Waals surface area contributed by atoms with Crippen molar-refractivity contribution in [3.8, 4) is 28.5 Å². The molecule has 0 unspecified atom stereocenters. The predicted octanol–water partition coefficient (Wildman–Crippen LogP) is 1.94. The number of nitriles is 1. The third kappa shape index (κ3) is 3.07. The van der Waals surface area contributed by atoms with Gasteiger partial charge in [0.15, 0.2) is 0 Å². The molecule has 5 N–H and O–H groups in total. The number of hydrogen-bond acceptors (Lipinski definition) is 7. The molecule has 0 spiro atoms. The fourth-order valence-electron chi connectivity index (χ4n) is 2.35. The summed E-state index contributed by atoms with van der Waals surface area (Å²) in [5, 5.41) is 18.3. The molecular formula is C17H12N6O2. The largest absolute Gasteiger partial charge is 0.478 e. The molecule has 25 heavy (non-hydrogen) atoms. The van der Waals surface area contributed by atoms with E-state index in [4.69, 9.17) is 16.6 Å². The Kier molecular flexibility index (Phi) is 3.97. The molecule has 8 heteroatoms. The Morgan fingerprint density at radius 2 is 1.72 bits per heavy atom. The molecule has 2 aromatic heterocycles. The summed E-state index contributed by atoms with van der Waals surface area (Å²) >= 11 is 0. The van der Waals surface area contributed by atoms with E-state index in [9.17, 15) is 10.1 Å². The molecule has 3 rings (SSSR count). The number of aromatic carboxylic acids is 1. The summed E-state index contributed by atoms with van der Waals surface area (Å²) in [5.41, 5.74) is 14.0. The fraction of sp³-hybridized carbons (Fsp3) is 0. The quantitative estimate of drug-likeness (QED) is 0.658. The van der Waals surface area contributed by atoms with Gasteiger partial charge in [-0.2, -0.15) is 10.2 Å². The van der Waals surface area contributed by atoms with Gasteiger partial charge in [0.05, 0.1) is 11.3 Å². The topological polar surface area (TPSA) is 152 Å². The van der Waals surface area contributed by atoms with Gasteiger partial charge in [-0.05, 0) is 11.6 Å². The van der Waals surface area contributed by atoms with Gasteiger partial charge in [-0.1, -0.05) is 24.3 Å². The van der Waals surface area contributed by atoms with E-state index >= 15 is 0 Å². The van der Waals surface area contributed by atoms with Gasteiger partial charge in [-0.3, -0.25) is 4.98 Å². The number of aromatic nitrogens is 3. The number of nitrogens with two attached hydrogens (primary N) is 2. The van der Waals surface area contributed by atoms with Crippen molar-refractivity contribution in [1.82, 2.24) is 15.0 Å². The van der Waals surface area contributed by atoms with E-state index in [0.717, 1.165) is 5.56 Å². The molecule has 0 saturated carbocycles. The predicted molar refractivity (Wildman–Crippen MR) is 91.2 cm³/mol. The van der Waals surface area contributed by atoms with Gasteiger partial charge in [0.2, 0.25) is 5.95 Å². The monoisotopic (exact) mass is 332 g/mol. The van der Waals surface area contributed by atoms with Crippen LogP contribution in [0, 0.1) is 11.3 Å². The summed E-state index contributed by atoms with van der Waals surface area (Å²) in [6, 6.07) is 10.5. The summed E-state index contributed by atoms with van der Waals surface area (Å²) in [7, 11) is 0. The first-order valence-corrected chi connectivity index (χ1v) is 7.12. The van der Waals surface area contributed by atoms with Crippen molar-refractivity contribution in [3.63, 3.8) is 0 Å². The highest BCUT2D eigenvalue weighted by Gasteiger charge is 2.13. The molecule has 0 radical (unpaired) electrons. The highest BCUT2D eigenvalue weighted by Crippen LogP contribution is 2.28. The molecule has 0 fully saturated rings. The first-order valence-electron chi connectivity index (χ1n) is 7.12. The number of carboxylic acid groups (broad SMARTS) is 1. The van der Waals surface area contributed by atoms with Crippen LogP contribution in [0.15, 0.2) is 42.7 Å². The third-order valence-corrected chi connectivity index (χ3v) is 3.54. The average Bonchev–Trinajstić information content (AvgIpc) is 2.61. The van der Waals surface area contributed by atoms with E-state index in [-0.39, 0.29) is 22.9 Å². The molecule has 0 aliphatic carbocycles. The Labute approximate surface area is 142 Å². The zero-order valence-corrected chi connectivity index (χ0v) is 12.8. The lowest BCUT2D eigenvalue weighted by Gasteiger charge is -2.08. The molecule has 0 atom stereocenters. The molecule has 0 saturated heterocycles. The second-order valence-corrected chi connectivity index (χ2v) is 5.15. The summed E-state index contributed by atoms with van der Waals surface area (Å²) in [4.78, 5) is 22.9. The normalized spacial score (nSPS) is 10.2. The van der Waals surface area contributed by atoms with Gasteiger partial charge < -0.3 is 16.6 Å². The van der Waals surface area contributed by atoms with Crippen LogP contribution in [0.5, 0.6) is 0 Å². The van der Waals surface area contributed by atoms with E-state index < -0.39 is 5.97 Å². The van der Waals surface area contributed by atoms with Crippen LogP contribution in [-0.4, -0.2) is 26.0 Å². The number of hydrogen-bond donors (Lipinski definition) is 3. The van der Waals surface area contributed by atoms with Crippen molar-refractivity contribution < 1.29 is 9.90 Å². The molecule has 2 heterocycles. The zero-order valence-electron chi connectivity index (χ0n) is 12.8. The minimum atomic E-state index is -1.04. The SMILES string of the molecule is N#Cc1c(N)nc(N)nc1-c1ccc(-c2cncc(C(=O)O)c2)cc1. The van der Waals surface area contributed by atoms with Crippen molar-refractivity contribution in [3.05, 3.63) is 53.9 Å². The third-order valence-electron chi connectivity index (χ3n) is 3.54. The highest BCUT2D eigenvalue weighted by molar-refractivity contribution is 5.89. The Bertz CT molecular complexity index is 1010. The minimum Gasteiger partial charge on any atom is -0.478 e. The molecule has 0 bridgehead atoms. The Balaban J connectivity index is 2.03. The summed E-state index contributed by atoms with van der Waals surface area (Å²) < 4.78 is 0. The first-order chi connectivity index (χ1) is 12.0. The molecule has 122 valence electrons. The zero-order chi connectivity index (χ0) is 18.0. The van der Waals surface area contributed by atoms with Crippen LogP contribution < -0.4 is 11.5 Å². The first kappa shape index (κ1) is 15.9. The highest BCUT2D eigenvalue weighted by atomic mass is 16.4. The average molecular weight is 332 g/mol. The van der Waals surface area contributed by atoms with Crippen LogP contribution in [0.25, 0.3) is 22.4 Å². The number of carbonyl (C=O) groups is 1. The van der Waals surface area contributed by atoms with E-state index in [1.807, 2.05) is 6.07 Å². The van der Waals surface area contributed by atoms with Crippen molar-refractivity contribution >= 4 is 17.7 Å². The fourth-order valence-corrected chi connectivity index (χ4v) is 2.35. The van der Waals surface area contributed by atoms with Gasteiger partial charge in [-0.15, -0.1) is 0 Å². The lowest BCUT2D eigenvalue weighted by Crippen LogP contribution is -2.04. The smallest absolute Gasteiger partial charge is 0.337 e. The van der Waals surface area contributed by atoms with Gasteiger partial charge in [0, 0.05) is 23.5 Å². The van der Waals surface area contributed by atoms with Crippen LogP contribution in [0.2, 0.25) is 0 Å². The molecule has 1 aromatic carbocycles. The number of nitrogen functional groups attached to an aromatic ring is 2. The van der Waals surface area contributed by atoms with Crippen molar-refractivity contribution in [2.45, 2.75) is 0 Å². The number of carboxylic acids is 1. The lowest BCUT2D eigenvalue weighted by molar-refractivity contribution is 0.0696. The van der Waals surface area contributed by atoms with Crippen LogP contribution in [0.1, 0.15) is 15.9 Å². The van der Waals surface area contributed by atoms with Crippen LogP contribution in [0.3, 0.4) is 0 Å². The lowest BCUT2D eigenvalue weighted by atomic mass is 10.0. The summed E-state index contributed by atoms with van der Waals surface area (Å²) in [6.45, 7) is 0. The van der Waals surface area contributed by atoms with E-state index in [2.05, 4.69) is 15.0 Å². The van der Waals surface area contributed by atoms with Crippen molar-refractivity contribution in [1.29, 1.82) is 5.26 Å². The summed E-state index contributed by atoms with van der Waals surface area (Å²) in [6.07, 6.45) is 2.86. The Hall–Kier alpha value is -3.99. The van der Waals surface area contributed by atoms with Gasteiger partial charge >= 0.3 is 5.97 Å². The van der Waals surface area contributed by atoms with Gasteiger partial charge in [-0.25, -0.2) is 9.78 Å². The molecule has 0 aliphatic heterocycles. The maximum atomic E-state index is 11.0. The number of benzene rings is 1. The minimum absolute atomic E-state index is 0.0195. The Morgan fingerprint density at radius 1 is 1.04 bits per heavy atom. The molecule has 0 aliphatic rings. The van der Waals surface area contributed by atoms with Crippen LogP contribution in [-0.2, 0) is 0 Å². The second kappa shape index (κ2) is 6.25.